The first kappa shape index (κ1) is 20.9. The number of hydrogen-bond donors (Lipinski definition) is 0. The van der Waals surface area contributed by atoms with Gasteiger partial charge in [0.25, 0.3) is 0 Å². The smallest absolute Gasteiger partial charge is 0.193 e. The first-order valence-corrected chi connectivity index (χ1v) is 11.3. The number of carbonyl (C=O) groups excluding carboxylic acids is 1. The van der Waals surface area contributed by atoms with Crippen molar-refractivity contribution in [2.45, 2.75) is 59.2 Å². The van der Waals surface area contributed by atoms with E-state index in [-0.39, 0.29) is 34.3 Å². The Morgan fingerprint density at radius 1 is 1.22 bits per heavy atom. The van der Waals surface area contributed by atoms with Crippen molar-refractivity contribution in [3.63, 3.8) is 0 Å². The Labute approximate surface area is 186 Å². The van der Waals surface area contributed by atoms with Gasteiger partial charge in [0, 0.05) is 30.5 Å². The Morgan fingerprint density at radius 3 is 2.66 bits per heavy atom. The molecule has 1 fully saturated rings. The van der Waals surface area contributed by atoms with Gasteiger partial charge in [0.2, 0.25) is 0 Å². The van der Waals surface area contributed by atoms with Crippen molar-refractivity contribution in [1.29, 1.82) is 0 Å². The third-order valence-electron chi connectivity index (χ3n) is 6.58. The highest BCUT2D eigenvalue weighted by atomic mass is 16.5. The Morgan fingerprint density at radius 2 is 1.97 bits per heavy atom. The zero-order valence-electron chi connectivity index (χ0n) is 19.1. The minimum atomic E-state index is -0.256. The normalized spacial score (nSPS) is 18.9. The first-order chi connectivity index (χ1) is 15.2. The predicted molar refractivity (Wildman–Crippen MR) is 122 cm³/mol. The van der Waals surface area contributed by atoms with Crippen LogP contribution in [0.4, 0.5) is 0 Å². The summed E-state index contributed by atoms with van der Waals surface area (Å²) in [5.41, 5.74) is 2.35. The number of pyridine rings is 1. The van der Waals surface area contributed by atoms with Crippen LogP contribution < -0.4 is 10.2 Å². The zero-order chi connectivity index (χ0) is 22.6. The first-order valence-electron chi connectivity index (χ1n) is 11.3. The van der Waals surface area contributed by atoms with Crippen molar-refractivity contribution >= 4 is 16.7 Å². The second kappa shape index (κ2) is 7.59. The topological polar surface area (TPSA) is 75.3 Å². The van der Waals surface area contributed by atoms with Gasteiger partial charge in [-0.15, -0.1) is 0 Å². The molecule has 1 atom stereocenters. The van der Waals surface area contributed by atoms with E-state index in [4.69, 9.17) is 14.6 Å². The molecule has 32 heavy (non-hydrogen) atoms. The monoisotopic (exact) mass is 435 g/mol. The number of hydrogen-bond acceptors (Lipinski definition) is 5. The largest absolute Gasteiger partial charge is 0.488 e. The Balaban J connectivity index is 1.70. The number of fused-ring (bicyclic) bond motifs is 5. The number of ketones is 1. The van der Waals surface area contributed by atoms with Crippen LogP contribution in [0.25, 0.3) is 22.3 Å². The molecule has 0 aliphatic carbocycles. The molecule has 0 bridgehead atoms. The van der Waals surface area contributed by atoms with Crippen LogP contribution in [0.15, 0.2) is 35.3 Å². The maximum atomic E-state index is 12.8. The van der Waals surface area contributed by atoms with Crippen molar-refractivity contribution in [3.8, 4) is 17.1 Å². The van der Waals surface area contributed by atoms with Gasteiger partial charge in [0.1, 0.15) is 17.4 Å². The minimum absolute atomic E-state index is 0.0397. The Bertz CT molecular complexity index is 1260. The maximum Gasteiger partial charge on any atom is 0.193 e. The van der Waals surface area contributed by atoms with Crippen molar-refractivity contribution < 1.29 is 14.3 Å². The summed E-state index contributed by atoms with van der Waals surface area (Å²) in [5, 5.41) is 5.90. The molecule has 7 heteroatoms. The molecule has 0 N–H and O–H groups in total. The maximum absolute atomic E-state index is 12.8. The fourth-order valence-corrected chi connectivity index (χ4v) is 4.80. The SMILES string of the molecule is CC(=O)c1cn2c(cc1=O)-c1c3cccc(OC4CCOCC4)c3nn1CC2C(C)(C)C. The van der Waals surface area contributed by atoms with E-state index in [1.807, 2.05) is 22.9 Å². The van der Waals surface area contributed by atoms with Gasteiger partial charge < -0.3 is 14.0 Å². The number of carbonyl (C=O) groups is 1. The molecule has 0 spiro atoms. The molecular weight excluding hydrogens is 406 g/mol. The molecule has 0 radical (unpaired) electrons. The van der Waals surface area contributed by atoms with E-state index in [2.05, 4.69) is 25.3 Å². The summed E-state index contributed by atoms with van der Waals surface area (Å²) in [7, 11) is 0. The molecular formula is C25H29N3O4. The summed E-state index contributed by atoms with van der Waals surface area (Å²) in [5.74, 6) is 0.548. The highest BCUT2D eigenvalue weighted by Crippen LogP contribution is 2.43. The predicted octanol–water partition coefficient (Wildman–Crippen LogP) is 4.23. The number of nitrogens with zero attached hydrogens (tertiary/aromatic N) is 3. The molecule has 1 saturated heterocycles. The third-order valence-corrected chi connectivity index (χ3v) is 6.58. The quantitative estimate of drug-likeness (QED) is 0.576. The molecule has 168 valence electrons. The molecule has 1 unspecified atom stereocenters. The van der Waals surface area contributed by atoms with Gasteiger partial charge in [-0.2, -0.15) is 5.10 Å². The Kier molecular flexibility index (Phi) is 4.97. The van der Waals surface area contributed by atoms with Gasteiger partial charge in [-0.1, -0.05) is 32.9 Å². The molecule has 7 nitrogen and oxygen atoms in total. The molecule has 2 aliphatic rings. The summed E-state index contributed by atoms with van der Waals surface area (Å²) >= 11 is 0. The second-order valence-corrected chi connectivity index (χ2v) is 9.89. The summed E-state index contributed by atoms with van der Waals surface area (Å²) in [6.07, 6.45) is 3.58. The van der Waals surface area contributed by atoms with Crippen LogP contribution >= 0.6 is 0 Å². The standard InChI is InChI=1S/C25H29N3O4/c1-15(29)18-13-27-19(12-20(18)30)24-17-6-5-7-21(32-16-8-10-31-11-9-16)23(17)26-28(24)14-22(27)25(2,3)4/h5-7,12-13,16,22H,8-11,14H2,1-4H3. The van der Waals surface area contributed by atoms with Crippen LogP contribution in [0.5, 0.6) is 5.75 Å². The van der Waals surface area contributed by atoms with Crippen molar-refractivity contribution in [3.05, 3.63) is 46.2 Å². The lowest BCUT2D eigenvalue weighted by Gasteiger charge is -2.38. The fraction of sp³-hybridized carbons (Fsp3) is 0.480. The lowest BCUT2D eigenvalue weighted by Crippen LogP contribution is -2.35. The molecule has 4 heterocycles. The summed E-state index contributed by atoms with van der Waals surface area (Å²) < 4.78 is 15.9. The van der Waals surface area contributed by atoms with Gasteiger partial charge in [-0.3, -0.25) is 14.3 Å². The van der Waals surface area contributed by atoms with Crippen LogP contribution in [-0.4, -0.2) is 39.4 Å². The van der Waals surface area contributed by atoms with Gasteiger partial charge in [0.05, 0.1) is 42.8 Å². The highest BCUT2D eigenvalue weighted by Gasteiger charge is 2.35. The van der Waals surface area contributed by atoms with E-state index >= 15 is 0 Å². The number of Topliss-reactive ketones (excluding diaryl/α,β-unsaturated/α-hetero) is 1. The van der Waals surface area contributed by atoms with E-state index in [9.17, 15) is 9.59 Å². The van der Waals surface area contributed by atoms with Crippen LogP contribution in [0.2, 0.25) is 0 Å². The molecule has 1 aromatic carbocycles. The van der Waals surface area contributed by atoms with E-state index in [1.165, 1.54) is 6.92 Å². The van der Waals surface area contributed by atoms with E-state index in [0.717, 1.165) is 40.9 Å². The van der Waals surface area contributed by atoms with E-state index in [1.54, 1.807) is 12.3 Å². The molecule has 5 rings (SSSR count). The van der Waals surface area contributed by atoms with Gasteiger partial charge in [0.15, 0.2) is 11.2 Å². The molecule has 2 aliphatic heterocycles. The van der Waals surface area contributed by atoms with Gasteiger partial charge >= 0.3 is 0 Å². The number of rotatable bonds is 3. The van der Waals surface area contributed by atoms with Crippen LogP contribution in [-0.2, 0) is 11.3 Å². The molecule has 2 aromatic heterocycles. The number of aromatic nitrogens is 3. The molecule has 0 amide bonds. The van der Waals surface area contributed by atoms with E-state index in [0.29, 0.717) is 19.8 Å². The average molecular weight is 436 g/mol. The molecule has 3 aromatic rings. The third kappa shape index (κ3) is 3.45. The van der Waals surface area contributed by atoms with Crippen LogP contribution in [0.3, 0.4) is 0 Å². The van der Waals surface area contributed by atoms with Crippen LogP contribution in [0, 0.1) is 5.41 Å². The van der Waals surface area contributed by atoms with E-state index < -0.39 is 0 Å². The number of benzene rings is 1. The van der Waals surface area contributed by atoms with Gasteiger partial charge in [-0.25, -0.2) is 0 Å². The molecule has 0 saturated carbocycles. The van der Waals surface area contributed by atoms with Crippen molar-refractivity contribution in [2.24, 2.45) is 5.41 Å². The summed E-state index contributed by atoms with van der Waals surface area (Å²) in [6, 6.07) is 7.59. The second-order valence-electron chi connectivity index (χ2n) is 9.89. The van der Waals surface area contributed by atoms with Crippen LogP contribution in [0.1, 0.15) is 56.9 Å². The lowest BCUT2D eigenvalue weighted by atomic mass is 9.84. The summed E-state index contributed by atoms with van der Waals surface area (Å²) in [4.78, 5) is 24.9. The zero-order valence-corrected chi connectivity index (χ0v) is 19.1. The highest BCUT2D eigenvalue weighted by molar-refractivity contribution is 5.97. The van der Waals surface area contributed by atoms with Crippen molar-refractivity contribution in [1.82, 2.24) is 14.3 Å². The average Bonchev–Trinajstić information content (AvgIpc) is 3.12. The Hall–Kier alpha value is -2.93. The minimum Gasteiger partial charge on any atom is -0.488 e. The summed E-state index contributed by atoms with van der Waals surface area (Å²) in [6.45, 7) is 10.0. The fourth-order valence-electron chi connectivity index (χ4n) is 4.80. The number of ether oxygens (including phenoxy) is 2. The lowest BCUT2D eigenvalue weighted by molar-refractivity contribution is 0.0261. The van der Waals surface area contributed by atoms with Crippen molar-refractivity contribution in [2.75, 3.05) is 13.2 Å². The van der Waals surface area contributed by atoms with Gasteiger partial charge in [-0.05, 0) is 18.4 Å².